The Labute approximate surface area is 197 Å². The van der Waals surface area contributed by atoms with Crippen LogP contribution in [-0.2, 0) is 17.8 Å². The lowest BCUT2D eigenvalue weighted by Crippen LogP contribution is -2.28. The molecule has 1 atom stereocenters. The van der Waals surface area contributed by atoms with Crippen LogP contribution in [0.3, 0.4) is 0 Å². The number of hydrogen-bond donors (Lipinski definition) is 1. The first-order chi connectivity index (χ1) is 15.5. The lowest BCUT2D eigenvalue weighted by atomic mass is 10.1. The van der Waals surface area contributed by atoms with Crippen molar-refractivity contribution < 1.29 is 9.53 Å². The standard InChI is InChI=1S/C24H27ClN4O2S/c1-3-17-8-10-18(11-9-17)16(2)26-23(30)15-32-24-28-27-22(29(24)19-12-13-19)14-31-21-7-5-4-6-20(21)25/h4-11,16,19H,3,12-15H2,1-2H3,(H,26,30). The molecule has 1 amide bonds. The number of rotatable bonds is 10. The molecule has 0 bridgehead atoms. The highest BCUT2D eigenvalue weighted by Gasteiger charge is 2.30. The third kappa shape index (κ3) is 5.64. The van der Waals surface area contributed by atoms with Crippen molar-refractivity contribution in [2.24, 2.45) is 0 Å². The van der Waals surface area contributed by atoms with Gasteiger partial charge in [0.2, 0.25) is 5.91 Å². The largest absolute Gasteiger partial charge is 0.484 e. The van der Waals surface area contributed by atoms with Crippen molar-refractivity contribution in [3.63, 3.8) is 0 Å². The molecule has 2 aromatic carbocycles. The number of nitrogens with zero attached hydrogens (tertiary/aromatic N) is 3. The van der Waals surface area contributed by atoms with Crippen LogP contribution in [0, 0.1) is 0 Å². The number of aromatic nitrogens is 3. The van der Waals surface area contributed by atoms with Crippen molar-refractivity contribution in [3.8, 4) is 5.75 Å². The van der Waals surface area contributed by atoms with Gasteiger partial charge in [-0.1, -0.05) is 66.7 Å². The van der Waals surface area contributed by atoms with Gasteiger partial charge in [-0.3, -0.25) is 9.36 Å². The van der Waals surface area contributed by atoms with Crippen molar-refractivity contribution in [3.05, 3.63) is 70.5 Å². The Morgan fingerprint density at radius 3 is 2.66 bits per heavy atom. The highest BCUT2D eigenvalue weighted by molar-refractivity contribution is 7.99. The molecule has 0 aliphatic heterocycles. The minimum atomic E-state index is -0.0464. The molecule has 6 nitrogen and oxygen atoms in total. The van der Waals surface area contributed by atoms with Gasteiger partial charge in [-0.2, -0.15) is 0 Å². The Morgan fingerprint density at radius 1 is 1.22 bits per heavy atom. The van der Waals surface area contributed by atoms with Gasteiger partial charge in [-0.15, -0.1) is 10.2 Å². The van der Waals surface area contributed by atoms with Crippen molar-refractivity contribution in [1.29, 1.82) is 0 Å². The zero-order valence-corrected chi connectivity index (χ0v) is 19.8. The second-order valence-electron chi connectivity index (χ2n) is 7.89. The zero-order valence-electron chi connectivity index (χ0n) is 18.3. The van der Waals surface area contributed by atoms with Gasteiger partial charge >= 0.3 is 0 Å². The van der Waals surface area contributed by atoms with E-state index in [1.165, 1.54) is 17.3 Å². The van der Waals surface area contributed by atoms with Crippen LogP contribution in [0.15, 0.2) is 53.7 Å². The third-order valence-corrected chi connectivity index (χ3v) is 6.69. The van der Waals surface area contributed by atoms with Gasteiger partial charge in [0.25, 0.3) is 0 Å². The Kier molecular flexibility index (Phi) is 7.37. The minimum Gasteiger partial charge on any atom is -0.484 e. The van der Waals surface area contributed by atoms with Crippen LogP contribution in [0.2, 0.25) is 5.02 Å². The van der Waals surface area contributed by atoms with E-state index in [-0.39, 0.29) is 24.3 Å². The molecule has 0 saturated heterocycles. The lowest BCUT2D eigenvalue weighted by Gasteiger charge is -2.15. The van der Waals surface area contributed by atoms with Crippen LogP contribution in [0.25, 0.3) is 0 Å². The number of hydrogen-bond acceptors (Lipinski definition) is 5. The number of thioether (sulfide) groups is 1. The molecule has 1 aliphatic rings. The number of aryl methyl sites for hydroxylation is 1. The van der Waals surface area contributed by atoms with E-state index in [0.717, 1.165) is 35.8 Å². The second kappa shape index (κ2) is 10.4. The summed E-state index contributed by atoms with van der Waals surface area (Å²) in [7, 11) is 0. The topological polar surface area (TPSA) is 69.0 Å². The molecular formula is C24H27ClN4O2S. The highest BCUT2D eigenvalue weighted by atomic mass is 35.5. The molecule has 1 heterocycles. The van der Waals surface area contributed by atoms with Gasteiger partial charge in [0.15, 0.2) is 11.0 Å². The number of para-hydroxylation sites is 1. The smallest absolute Gasteiger partial charge is 0.230 e. The Balaban J connectivity index is 1.34. The van der Waals surface area contributed by atoms with E-state index >= 15 is 0 Å². The predicted octanol–water partition coefficient (Wildman–Crippen LogP) is 5.38. The number of benzene rings is 2. The molecule has 3 aromatic rings. The highest BCUT2D eigenvalue weighted by Crippen LogP contribution is 2.39. The summed E-state index contributed by atoms with van der Waals surface area (Å²) >= 11 is 7.59. The van der Waals surface area contributed by atoms with Gasteiger partial charge in [0, 0.05) is 6.04 Å². The summed E-state index contributed by atoms with van der Waals surface area (Å²) in [6.45, 7) is 4.41. The summed E-state index contributed by atoms with van der Waals surface area (Å²) in [6, 6.07) is 16.1. The summed E-state index contributed by atoms with van der Waals surface area (Å²) in [5, 5.41) is 13.0. The minimum absolute atomic E-state index is 0.0266. The fraction of sp³-hybridized carbons (Fsp3) is 0.375. The molecular weight excluding hydrogens is 444 g/mol. The van der Waals surface area contributed by atoms with E-state index < -0.39 is 0 Å². The third-order valence-electron chi connectivity index (χ3n) is 5.44. The number of nitrogens with one attached hydrogen (secondary N) is 1. The molecule has 1 N–H and O–H groups in total. The Morgan fingerprint density at radius 2 is 1.97 bits per heavy atom. The van der Waals surface area contributed by atoms with Crippen LogP contribution < -0.4 is 10.1 Å². The van der Waals surface area contributed by atoms with Crippen molar-refractivity contribution in [2.75, 3.05) is 5.75 Å². The van der Waals surface area contributed by atoms with Crippen molar-refractivity contribution >= 4 is 29.3 Å². The van der Waals surface area contributed by atoms with Gasteiger partial charge in [0.1, 0.15) is 12.4 Å². The van der Waals surface area contributed by atoms with Crippen molar-refractivity contribution in [1.82, 2.24) is 20.1 Å². The zero-order chi connectivity index (χ0) is 22.5. The van der Waals surface area contributed by atoms with Gasteiger partial charge < -0.3 is 10.1 Å². The predicted molar refractivity (Wildman–Crippen MR) is 127 cm³/mol. The van der Waals surface area contributed by atoms with Gasteiger partial charge in [-0.25, -0.2) is 0 Å². The van der Waals surface area contributed by atoms with E-state index in [9.17, 15) is 4.79 Å². The molecule has 4 rings (SSSR count). The van der Waals surface area contributed by atoms with E-state index in [0.29, 0.717) is 16.8 Å². The molecule has 8 heteroatoms. The SMILES string of the molecule is CCc1ccc(C(C)NC(=O)CSc2nnc(COc3ccccc3Cl)n2C2CC2)cc1. The Hall–Kier alpha value is -2.51. The number of carbonyl (C=O) groups is 1. The first-order valence-electron chi connectivity index (χ1n) is 10.9. The second-order valence-corrected chi connectivity index (χ2v) is 9.24. The molecule has 1 aliphatic carbocycles. The molecule has 168 valence electrons. The average molecular weight is 471 g/mol. The molecule has 1 saturated carbocycles. The number of carbonyl (C=O) groups excluding carboxylic acids is 1. The van der Waals surface area contributed by atoms with E-state index in [1.807, 2.05) is 25.1 Å². The average Bonchev–Trinajstić information content (AvgIpc) is 3.57. The summed E-state index contributed by atoms with van der Waals surface area (Å²) < 4.78 is 7.95. The molecule has 1 fully saturated rings. The van der Waals surface area contributed by atoms with E-state index in [2.05, 4.69) is 51.3 Å². The van der Waals surface area contributed by atoms with Gasteiger partial charge in [0.05, 0.1) is 16.8 Å². The first-order valence-corrected chi connectivity index (χ1v) is 12.2. The molecule has 1 aromatic heterocycles. The number of halogens is 1. The molecule has 32 heavy (non-hydrogen) atoms. The quantitative estimate of drug-likeness (QED) is 0.403. The Bertz CT molecular complexity index is 1070. The number of amides is 1. The maximum Gasteiger partial charge on any atom is 0.230 e. The normalized spacial score (nSPS) is 14.2. The fourth-order valence-electron chi connectivity index (χ4n) is 3.45. The van der Waals surface area contributed by atoms with Crippen LogP contribution in [0.5, 0.6) is 5.75 Å². The summed E-state index contributed by atoms with van der Waals surface area (Å²) in [4.78, 5) is 12.5. The number of ether oxygens (including phenoxy) is 1. The van der Waals surface area contributed by atoms with Crippen LogP contribution in [0.1, 0.15) is 55.7 Å². The summed E-state index contributed by atoms with van der Waals surface area (Å²) in [5.74, 6) is 1.63. The molecule has 0 radical (unpaired) electrons. The molecule has 1 unspecified atom stereocenters. The first kappa shape index (κ1) is 22.7. The van der Waals surface area contributed by atoms with E-state index in [1.54, 1.807) is 6.07 Å². The van der Waals surface area contributed by atoms with Crippen LogP contribution in [-0.4, -0.2) is 26.4 Å². The maximum absolute atomic E-state index is 12.5. The lowest BCUT2D eigenvalue weighted by molar-refractivity contribution is -0.119. The van der Waals surface area contributed by atoms with E-state index in [4.69, 9.17) is 16.3 Å². The monoisotopic (exact) mass is 470 g/mol. The van der Waals surface area contributed by atoms with Crippen LogP contribution in [0.4, 0.5) is 0 Å². The van der Waals surface area contributed by atoms with Crippen LogP contribution >= 0.6 is 23.4 Å². The maximum atomic E-state index is 12.5. The fourth-order valence-corrected chi connectivity index (χ4v) is 4.47. The molecule has 0 spiro atoms. The summed E-state index contributed by atoms with van der Waals surface area (Å²) in [5.41, 5.74) is 2.39. The summed E-state index contributed by atoms with van der Waals surface area (Å²) in [6.07, 6.45) is 3.17. The van der Waals surface area contributed by atoms with Gasteiger partial charge in [-0.05, 0) is 49.4 Å². The van der Waals surface area contributed by atoms with Crippen molar-refractivity contribution in [2.45, 2.75) is 57.0 Å².